The quantitative estimate of drug-likeness (QED) is 0.813. The molecule has 0 spiro atoms. The maximum Gasteiger partial charge on any atom is 0.416 e. The predicted octanol–water partition coefficient (Wildman–Crippen LogP) is 3.85. The zero-order valence-corrected chi connectivity index (χ0v) is 10.8. The Labute approximate surface area is 105 Å². The molecule has 0 unspecified atom stereocenters. The number of rotatable bonds is 5. The molecule has 0 aliphatic rings. The lowest BCUT2D eigenvalue weighted by Crippen LogP contribution is -2.14. The van der Waals surface area contributed by atoms with Crippen molar-refractivity contribution in [3.05, 3.63) is 29.3 Å². The lowest BCUT2D eigenvalue weighted by atomic mass is 10.1. The van der Waals surface area contributed by atoms with E-state index >= 15 is 0 Å². The minimum Gasteiger partial charge on any atom is -0.383 e. The molecular weight excluding hydrogens is 243 g/mol. The van der Waals surface area contributed by atoms with Crippen molar-refractivity contribution in [2.45, 2.75) is 33.1 Å². The molecule has 0 radical (unpaired) electrons. The molecule has 0 heterocycles. The first-order valence-corrected chi connectivity index (χ1v) is 5.84. The highest BCUT2D eigenvalue weighted by Gasteiger charge is 2.32. The van der Waals surface area contributed by atoms with Crippen LogP contribution in [-0.4, -0.2) is 19.3 Å². The van der Waals surface area contributed by atoms with Crippen LogP contribution < -0.4 is 5.32 Å². The number of halogens is 3. The van der Waals surface area contributed by atoms with Gasteiger partial charge in [0, 0.05) is 12.2 Å². The van der Waals surface area contributed by atoms with E-state index in [4.69, 9.17) is 4.74 Å². The summed E-state index contributed by atoms with van der Waals surface area (Å²) in [5.41, 5.74) is 0.0871. The van der Waals surface area contributed by atoms with Gasteiger partial charge in [0.15, 0.2) is 0 Å². The molecule has 5 heteroatoms. The van der Waals surface area contributed by atoms with E-state index in [9.17, 15) is 13.2 Å². The summed E-state index contributed by atoms with van der Waals surface area (Å²) < 4.78 is 43.3. The van der Waals surface area contributed by atoms with Gasteiger partial charge in [-0.05, 0) is 38.5 Å². The predicted molar refractivity (Wildman–Crippen MR) is 65.8 cm³/mol. The van der Waals surface area contributed by atoms with Crippen molar-refractivity contribution in [3.8, 4) is 0 Å². The summed E-state index contributed by atoms with van der Waals surface area (Å²) in [7, 11) is 0. The number of nitrogens with one attached hydrogen (secondary N) is 1. The van der Waals surface area contributed by atoms with E-state index < -0.39 is 11.7 Å². The minimum atomic E-state index is -4.31. The summed E-state index contributed by atoms with van der Waals surface area (Å²) >= 11 is 0. The van der Waals surface area contributed by atoms with E-state index in [2.05, 4.69) is 5.32 Å². The first-order chi connectivity index (χ1) is 8.30. The normalized spacial score (nSPS) is 11.9. The molecule has 0 saturated heterocycles. The van der Waals surface area contributed by atoms with Crippen molar-refractivity contribution in [3.63, 3.8) is 0 Å². The van der Waals surface area contributed by atoms with Crippen molar-refractivity contribution >= 4 is 5.69 Å². The number of hydrogen-bond donors (Lipinski definition) is 1. The molecule has 2 nitrogen and oxygen atoms in total. The Hall–Kier alpha value is -1.23. The molecule has 0 aliphatic carbocycles. The van der Waals surface area contributed by atoms with Crippen molar-refractivity contribution < 1.29 is 17.9 Å². The minimum absolute atomic E-state index is 0.121. The van der Waals surface area contributed by atoms with Crippen LogP contribution >= 0.6 is 0 Å². The van der Waals surface area contributed by atoms with Gasteiger partial charge in [0.25, 0.3) is 0 Å². The van der Waals surface area contributed by atoms with E-state index in [0.717, 1.165) is 6.07 Å². The van der Waals surface area contributed by atoms with Crippen molar-refractivity contribution in [1.29, 1.82) is 0 Å². The van der Waals surface area contributed by atoms with Crippen molar-refractivity contribution in [2.75, 3.05) is 18.5 Å². The summed E-state index contributed by atoms with van der Waals surface area (Å²) in [5.74, 6) is 0. The molecule has 0 bridgehead atoms. The number of alkyl halides is 3. The largest absolute Gasteiger partial charge is 0.416 e. The highest BCUT2D eigenvalue weighted by Crippen LogP contribution is 2.33. The van der Waals surface area contributed by atoms with Gasteiger partial charge in [0.2, 0.25) is 0 Å². The maximum atomic E-state index is 12.7. The molecule has 0 aliphatic heterocycles. The molecule has 102 valence electrons. The van der Waals surface area contributed by atoms with Crippen LogP contribution in [0.25, 0.3) is 0 Å². The fourth-order valence-corrected chi connectivity index (χ4v) is 1.53. The van der Waals surface area contributed by atoms with Crippen LogP contribution in [-0.2, 0) is 10.9 Å². The van der Waals surface area contributed by atoms with E-state index in [1.807, 2.05) is 13.8 Å². The second-order valence-corrected chi connectivity index (χ2v) is 4.37. The number of hydrogen-bond acceptors (Lipinski definition) is 2. The second-order valence-electron chi connectivity index (χ2n) is 4.37. The Kier molecular flexibility index (Phi) is 5.02. The van der Waals surface area contributed by atoms with Crippen LogP contribution in [0, 0.1) is 6.92 Å². The first-order valence-electron chi connectivity index (χ1n) is 5.84. The van der Waals surface area contributed by atoms with E-state index in [0.29, 0.717) is 18.8 Å². The Balaban J connectivity index is 2.63. The van der Waals surface area contributed by atoms with Crippen LogP contribution in [0.4, 0.5) is 18.9 Å². The third kappa shape index (κ3) is 4.56. The Morgan fingerprint density at radius 2 is 1.94 bits per heavy atom. The molecule has 0 fully saturated rings. The Morgan fingerprint density at radius 1 is 1.28 bits per heavy atom. The number of ether oxygens (including phenoxy) is 1. The number of benzene rings is 1. The topological polar surface area (TPSA) is 21.3 Å². The third-order valence-electron chi connectivity index (χ3n) is 2.43. The van der Waals surface area contributed by atoms with Crippen LogP contribution in [0.5, 0.6) is 0 Å². The molecule has 1 aromatic carbocycles. The fraction of sp³-hybridized carbons (Fsp3) is 0.538. The summed E-state index contributed by atoms with van der Waals surface area (Å²) in [5, 5.41) is 2.91. The molecule has 0 atom stereocenters. The highest BCUT2D eigenvalue weighted by atomic mass is 19.4. The molecule has 0 aromatic heterocycles. The monoisotopic (exact) mass is 261 g/mol. The van der Waals surface area contributed by atoms with Gasteiger partial charge in [0.05, 0.1) is 18.3 Å². The van der Waals surface area contributed by atoms with E-state index in [1.54, 1.807) is 6.07 Å². The molecule has 0 saturated carbocycles. The summed E-state index contributed by atoms with van der Waals surface area (Å²) in [6.45, 7) is 6.22. The molecule has 1 aromatic rings. The van der Waals surface area contributed by atoms with Gasteiger partial charge in [-0.2, -0.15) is 13.2 Å². The molecule has 0 amide bonds. The standard InChI is InChI=1S/C13H18F3NO/c1-9(2)18-7-6-17-11-5-4-10(3)12(8-11)13(14,15)16/h4-5,8-9,17H,6-7H2,1-3H3. The van der Waals surface area contributed by atoms with Gasteiger partial charge in [-0.1, -0.05) is 6.07 Å². The second kappa shape index (κ2) is 6.09. The lowest BCUT2D eigenvalue weighted by molar-refractivity contribution is -0.138. The van der Waals surface area contributed by atoms with E-state index in [-0.39, 0.29) is 11.7 Å². The Morgan fingerprint density at radius 3 is 2.50 bits per heavy atom. The molecule has 1 rings (SSSR count). The van der Waals surface area contributed by atoms with Crippen LogP contribution in [0.1, 0.15) is 25.0 Å². The summed E-state index contributed by atoms with van der Waals surface area (Å²) in [4.78, 5) is 0. The van der Waals surface area contributed by atoms with Crippen molar-refractivity contribution in [2.24, 2.45) is 0 Å². The highest BCUT2D eigenvalue weighted by molar-refractivity contribution is 5.49. The summed E-state index contributed by atoms with van der Waals surface area (Å²) in [6, 6.07) is 4.24. The van der Waals surface area contributed by atoms with Gasteiger partial charge in [0.1, 0.15) is 0 Å². The zero-order valence-electron chi connectivity index (χ0n) is 10.8. The average molecular weight is 261 g/mol. The van der Waals surface area contributed by atoms with Gasteiger partial charge in [-0.25, -0.2) is 0 Å². The SMILES string of the molecule is Cc1ccc(NCCOC(C)C)cc1C(F)(F)F. The van der Waals surface area contributed by atoms with Gasteiger partial charge in [-0.15, -0.1) is 0 Å². The fourth-order valence-electron chi connectivity index (χ4n) is 1.53. The summed E-state index contributed by atoms with van der Waals surface area (Å²) in [6.07, 6.45) is -4.19. The molecular formula is C13H18F3NO. The van der Waals surface area contributed by atoms with Gasteiger partial charge < -0.3 is 10.1 Å². The zero-order chi connectivity index (χ0) is 13.8. The molecule has 1 N–H and O–H groups in total. The maximum absolute atomic E-state index is 12.7. The van der Waals surface area contributed by atoms with Crippen LogP contribution in [0.15, 0.2) is 18.2 Å². The smallest absolute Gasteiger partial charge is 0.383 e. The van der Waals surface area contributed by atoms with Crippen LogP contribution in [0.2, 0.25) is 0 Å². The Bertz CT molecular complexity index is 388. The van der Waals surface area contributed by atoms with Crippen molar-refractivity contribution in [1.82, 2.24) is 0 Å². The number of anilines is 1. The third-order valence-corrected chi connectivity index (χ3v) is 2.43. The van der Waals surface area contributed by atoms with Gasteiger partial charge in [-0.3, -0.25) is 0 Å². The van der Waals surface area contributed by atoms with Gasteiger partial charge >= 0.3 is 6.18 Å². The molecule has 18 heavy (non-hydrogen) atoms. The first kappa shape index (κ1) is 14.8. The number of aryl methyl sites for hydroxylation is 1. The average Bonchev–Trinajstić information content (AvgIpc) is 2.24. The lowest BCUT2D eigenvalue weighted by Gasteiger charge is -2.14. The van der Waals surface area contributed by atoms with E-state index in [1.165, 1.54) is 13.0 Å². The van der Waals surface area contributed by atoms with Crippen LogP contribution in [0.3, 0.4) is 0 Å².